The molecule has 0 aromatic carbocycles. The summed E-state index contributed by atoms with van der Waals surface area (Å²) in [7, 11) is -2.57. The van der Waals surface area contributed by atoms with Gasteiger partial charge in [-0.2, -0.15) is 9.40 Å². The van der Waals surface area contributed by atoms with E-state index in [2.05, 4.69) is 9.84 Å². The monoisotopic (exact) mass is 317 g/mol. The second kappa shape index (κ2) is 5.82. The summed E-state index contributed by atoms with van der Waals surface area (Å²) < 4.78 is 31.4. The third kappa shape index (κ3) is 3.22. The standard InChI is InChI=1S/C11H15N3O6S/c1-20-10(15)7-13-6-9(4-12-13)21(18,19)14-3-2-8(5-14)11(16)17/h4,6,8H,2-3,5,7H2,1H3,(H,16,17). The van der Waals surface area contributed by atoms with Gasteiger partial charge in [0.15, 0.2) is 0 Å². The number of sulfonamides is 1. The minimum Gasteiger partial charge on any atom is -0.481 e. The fraction of sp³-hybridized carbons (Fsp3) is 0.545. The summed E-state index contributed by atoms with van der Waals surface area (Å²) in [4.78, 5) is 21.9. The number of carbonyl (C=O) groups excluding carboxylic acids is 1. The molecule has 0 aliphatic carbocycles. The summed E-state index contributed by atoms with van der Waals surface area (Å²) in [5.74, 6) is -2.24. The van der Waals surface area contributed by atoms with Crippen molar-refractivity contribution in [1.82, 2.24) is 14.1 Å². The maximum atomic E-state index is 12.3. The van der Waals surface area contributed by atoms with E-state index in [9.17, 15) is 18.0 Å². The van der Waals surface area contributed by atoms with Crippen molar-refractivity contribution in [1.29, 1.82) is 0 Å². The molecule has 1 saturated heterocycles. The Kier molecular flexibility index (Phi) is 4.28. The summed E-state index contributed by atoms with van der Waals surface area (Å²) in [6, 6.07) is 0. The highest BCUT2D eigenvalue weighted by atomic mass is 32.2. The number of hydrogen-bond acceptors (Lipinski definition) is 6. The van der Waals surface area contributed by atoms with Crippen LogP contribution in [-0.2, 0) is 30.9 Å². The molecule has 1 aromatic heterocycles. The molecule has 1 atom stereocenters. The van der Waals surface area contributed by atoms with E-state index in [0.29, 0.717) is 0 Å². The molecule has 21 heavy (non-hydrogen) atoms. The van der Waals surface area contributed by atoms with E-state index >= 15 is 0 Å². The third-order valence-electron chi connectivity index (χ3n) is 3.27. The molecule has 0 amide bonds. The van der Waals surface area contributed by atoms with Gasteiger partial charge in [-0.25, -0.2) is 8.42 Å². The van der Waals surface area contributed by atoms with E-state index in [1.807, 2.05) is 0 Å². The zero-order valence-electron chi connectivity index (χ0n) is 11.3. The summed E-state index contributed by atoms with van der Waals surface area (Å²) in [5.41, 5.74) is 0. The van der Waals surface area contributed by atoms with Crippen LogP contribution in [0, 0.1) is 5.92 Å². The maximum Gasteiger partial charge on any atom is 0.327 e. The molecule has 0 bridgehead atoms. The molecule has 9 nitrogen and oxygen atoms in total. The molecule has 10 heteroatoms. The number of carboxylic acids is 1. The zero-order chi connectivity index (χ0) is 15.6. The van der Waals surface area contributed by atoms with Crippen molar-refractivity contribution < 1.29 is 27.9 Å². The first-order chi connectivity index (χ1) is 9.84. The number of ether oxygens (including phenoxy) is 1. The number of aliphatic carboxylic acids is 1. The normalized spacial score (nSPS) is 19.6. The molecular formula is C11H15N3O6S. The first-order valence-corrected chi connectivity index (χ1v) is 7.61. The highest BCUT2D eigenvalue weighted by molar-refractivity contribution is 7.89. The van der Waals surface area contributed by atoms with Crippen molar-refractivity contribution in [3.8, 4) is 0 Å². The molecule has 2 rings (SSSR count). The first kappa shape index (κ1) is 15.4. The Morgan fingerprint density at radius 1 is 1.52 bits per heavy atom. The fourth-order valence-electron chi connectivity index (χ4n) is 2.06. The third-order valence-corrected chi connectivity index (χ3v) is 5.08. The van der Waals surface area contributed by atoms with Gasteiger partial charge in [-0.3, -0.25) is 14.3 Å². The van der Waals surface area contributed by atoms with E-state index in [-0.39, 0.29) is 31.0 Å². The fourth-order valence-corrected chi connectivity index (χ4v) is 3.51. The molecule has 0 saturated carbocycles. The van der Waals surface area contributed by atoms with Gasteiger partial charge in [-0.1, -0.05) is 0 Å². The molecule has 116 valence electrons. The van der Waals surface area contributed by atoms with E-state index in [1.54, 1.807) is 0 Å². The first-order valence-electron chi connectivity index (χ1n) is 6.17. The van der Waals surface area contributed by atoms with Crippen LogP contribution < -0.4 is 0 Å². The van der Waals surface area contributed by atoms with E-state index < -0.39 is 27.9 Å². The maximum absolute atomic E-state index is 12.3. The van der Waals surface area contributed by atoms with E-state index in [0.717, 1.165) is 15.2 Å². The van der Waals surface area contributed by atoms with Crippen LogP contribution in [0.4, 0.5) is 0 Å². The average Bonchev–Trinajstić information content (AvgIpc) is 3.07. The SMILES string of the molecule is COC(=O)Cn1cc(S(=O)(=O)N2CCC(C(=O)O)C2)cn1. The topological polar surface area (TPSA) is 119 Å². The Bertz CT molecular complexity index is 653. The second-order valence-electron chi connectivity index (χ2n) is 4.64. The van der Waals surface area contributed by atoms with Crippen LogP contribution in [-0.4, -0.2) is 59.7 Å². The van der Waals surface area contributed by atoms with Gasteiger partial charge in [0.05, 0.1) is 19.2 Å². The number of hydrogen-bond donors (Lipinski definition) is 1. The molecule has 1 unspecified atom stereocenters. The lowest BCUT2D eigenvalue weighted by Crippen LogP contribution is -2.29. The predicted octanol–water partition coefficient (Wildman–Crippen LogP) is -0.849. The quantitative estimate of drug-likeness (QED) is 0.703. The van der Waals surface area contributed by atoms with Crippen LogP contribution in [0.25, 0.3) is 0 Å². The van der Waals surface area contributed by atoms with Crippen LogP contribution in [0.2, 0.25) is 0 Å². The predicted molar refractivity (Wildman–Crippen MR) is 68.7 cm³/mol. The Morgan fingerprint density at radius 3 is 2.81 bits per heavy atom. The molecule has 2 heterocycles. The molecule has 1 aliphatic rings. The van der Waals surface area contributed by atoms with Crippen LogP contribution in [0.1, 0.15) is 6.42 Å². The van der Waals surface area contributed by atoms with Gasteiger partial charge in [0.1, 0.15) is 11.4 Å². The van der Waals surface area contributed by atoms with Crippen molar-refractivity contribution in [2.75, 3.05) is 20.2 Å². The van der Waals surface area contributed by atoms with Crippen molar-refractivity contribution in [2.24, 2.45) is 5.92 Å². The van der Waals surface area contributed by atoms with Crippen LogP contribution in [0.15, 0.2) is 17.3 Å². The Balaban J connectivity index is 2.13. The van der Waals surface area contributed by atoms with Gasteiger partial charge in [0.25, 0.3) is 0 Å². The summed E-state index contributed by atoms with van der Waals surface area (Å²) >= 11 is 0. The number of rotatable bonds is 5. The molecule has 1 aliphatic heterocycles. The van der Waals surface area contributed by atoms with Crippen LogP contribution in [0.5, 0.6) is 0 Å². The highest BCUT2D eigenvalue weighted by Crippen LogP contribution is 2.24. The van der Waals surface area contributed by atoms with Gasteiger partial charge < -0.3 is 9.84 Å². The lowest BCUT2D eigenvalue weighted by atomic mass is 10.1. The van der Waals surface area contributed by atoms with Crippen molar-refractivity contribution in [3.63, 3.8) is 0 Å². The molecule has 1 fully saturated rings. The lowest BCUT2D eigenvalue weighted by Gasteiger charge is -2.14. The van der Waals surface area contributed by atoms with Gasteiger partial charge in [-0.05, 0) is 6.42 Å². The summed E-state index contributed by atoms with van der Waals surface area (Å²) in [6.07, 6.45) is 2.64. The number of carbonyl (C=O) groups is 2. The molecule has 1 N–H and O–H groups in total. The van der Waals surface area contributed by atoms with Gasteiger partial charge in [0.2, 0.25) is 10.0 Å². The summed E-state index contributed by atoms with van der Waals surface area (Å²) in [5, 5.41) is 12.7. The van der Waals surface area contributed by atoms with Crippen molar-refractivity contribution >= 4 is 22.0 Å². The average molecular weight is 317 g/mol. The number of carboxylic acid groups (broad SMARTS) is 1. The van der Waals surface area contributed by atoms with Gasteiger partial charge in [0, 0.05) is 19.3 Å². The Morgan fingerprint density at radius 2 is 2.24 bits per heavy atom. The second-order valence-corrected chi connectivity index (χ2v) is 6.57. The van der Waals surface area contributed by atoms with Crippen molar-refractivity contribution in [3.05, 3.63) is 12.4 Å². The lowest BCUT2D eigenvalue weighted by molar-refractivity contribution is -0.142. The van der Waals surface area contributed by atoms with E-state index in [4.69, 9.17) is 5.11 Å². The number of methoxy groups -OCH3 is 1. The largest absolute Gasteiger partial charge is 0.481 e. The zero-order valence-corrected chi connectivity index (χ0v) is 12.1. The van der Waals surface area contributed by atoms with Gasteiger partial charge >= 0.3 is 11.9 Å². The van der Waals surface area contributed by atoms with E-state index in [1.165, 1.54) is 13.3 Å². The van der Waals surface area contributed by atoms with Crippen molar-refractivity contribution in [2.45, 2.75) is 17.9 Å². The molecule has 0 spiro atoms. The molecule has 0 radical (unpaired) electrons. The highest BCUT2D eigenvalue weighted by Gasteiger charge is 2.36. The Hall–Kier alpha value is -1.94. The minimum absolute atomic E-state index is 0.0557. The van der Waals surface area contributed by atoms with Crippen LogP contribution >= 0.6 is 0 Å². The Labute approximate surface area is 121 Å². The minimum atomic E-state index is -3.79. The van der Waals surface area contributed by atoms with Gasteiger partial charge in [-0.15, -0.1) is 0 Å². The summed E-state index contributed by atoms with van der Waals surface area (Å²) in [6.45, 7) is -0.0922. The van der Waals surface area contributed by atoms with Crippen LogP contribution in [0.3, 0.4) is 0 Å². The number of esters is 1. The smallest absolute Gasteiger partial charge is 0.327 e. The number of aromatic nitrogens is 2. The molecular weight excluding hydrogens is 302 g/mol. The number of nitrogens with zero attached hydrogens (tertiary/aromatic N) is 3. The molecule has 1 aromatic rings.